The van der Waals surface area contributed by atoms with Crippen LogP contribution in [0.1, 0.15) is 11.1 Å². The van der Waals surface area contributed by atoms with E-state index in [1.54, 1.807) is 11.0 Å². The van der Waals surface area contributed by atoms with Crippen molar-refractivity contribution >= 4 is 45.2 Å². The lowest BCUT2D eigenvalue weighted by Gasteiger charge is -2.36. The van der Waals surface area contributed by atoms with Crippen molar-refractivity contribution in [2.24, 2.45) is 0 Å². The second kappa shape index (κ2) is 11.2. The number of rotatable bonds is 6. The molecule has 34 heavy (non-hydrogen) atoms. The van der Waals surface area contributed by atoms with Crippen LogP contribution in [-0.4, -0.2) is 37.0 Å². The number of hydrogen-bond donors (Lipinski definition) is 0. The highest BCUT2D eigenvalue weighted by molar-refractivity contribution is 9.10. The molecule has 7 heteroatoms. The fourth-order valence-corrected chi connectivity index (χ4v) is 4.39. The maximum Gasteiger partial charge on any atom is 0.264 e. The van der Waals surface area contributed by atoms with E-state index in [0.717, 1.165) is 34.4 Å². The highest BCUT2D eigenvalue weighted by Gasteiger charge is 2.24. The number of hydrogen-bond acceptors (Lipinski definition) is 4. The van der Waals surface area contributed by atoms with E-state index in [1.165, 1.54) is 0 Å². The van der Waals surface area contributed by atoms with Crippen molar-refractivity contribution in [2.45, 2.75) is 6.61 Å². The zero-order valence-corrected chi connectivity index (χ0v) is 20.8. The minimum Gasteiger partial charge on any atom is -0.488 e. The molecule has 3 aromatic carbocycles. The van der Waals surface area contributed by atoms with Crippen LogP contribution < -0.4 is 9.64 Å². The Balaban J connectivity index is 1.38. The molecule has 0 saturated carbocycles. The molecule has 0 bridgehead atoms. The second-order valence-electron chi connectivity index (χ2n) is 7.89. The van der Waals surface area contributed by atoms with Crippen molar-refractivity contribution in [3.05, 3.63) is 99.0 Å². The standard InChI is InChI=1S/C27H23BrClN3O2/c28-25-17-21(8-11-26(25)34-19-20-6-9-23(29)10-7-20)16-22(18-30)27(33)32-14-12-31(13-15-32)24-4-2-1-3-5-24/h1-11,16-17H,12-15,19H2/b22-16-. The van der Waals surface area contributed by atoms with Gasteiger partial charge < -0.3 is 14.5 Å². The van der Waals surface area contributed by atoms with E-state index in [-0.39, 0.29) is 11.5 Å². The Hall–Kier alpha value is -3.27. The van der Waals surface area contributed by atoms with Crippen LogP contribution in [0.3, 0.4) is 0 Å². The predicted molar refractivity (Wildman–Crippen MR) is 139 cm³/mol. The maximum absolute atomic E-state index is 13.0. The highest BCUT2D eigenvalue weighted by Crippen LogP contribution is 2.28. The van der Waals surface area contributed by atoms with Crippen LogP contribution in [0.25, 0.3) is 6.08 Å². The molecule has 0 spiro atoms. The number of para-hydroxylation sites is 1. The van der Waals surface area contributed by atoms with Crippen LogP contribution in [0.4, 0.5) is 5.69 Å². The van der Waals surface area contributed by atoms with E-state index in [2.05, 4.69) is 39.0 Å². The van der Waals surface area contributed by atoms with Crippen LogP contribution >= 0.6 is 27.5 Å². The van der Waals surface area contributed by atoms with E-state index < -0.39 is 0 Å². The quantitative estimate of drug-likeness (QED) is 0.289. The zero-order valence-electron chi connectivity index (χ0n) is 18.5. The molecule has 0 aromatic heterocycles. The van der Waals surface area contributed by atoms with E-state index >= 15 is 0 Å². The van der Waals surface area contributed by atoms with Crippen molar-refractivity contribution in [3.63, 3.8) is 0 Å². The lowest BCUT2D eigenvalue weighted by molar-refractivity contribution is -0.126. The molecule has 3 aromatic rings. The average molecular weight is 537 g/mol. The number of anilines is 1. The molecule has 1 heterocycles. The number of nitriles is 1. The largest absolute Gasteiger partial charge is 0.488 e. The molecule has 4 rings (SSSR count). The number of benzene rings is 3. The molecule has 0 atom stereocenters. The molecule has 1 saturated heterocycles. The summed E-state index contributed by atoms with van der Waals surface area (Å²) in [6.07, 6.45) is 1.62. The molecule has 0 radical (unpaired) electrons. The smallest absolute Gasteiger partial charge is 0.264 e. The van der Waals surface area contributed by atoms with Gasteiger partial charge in [0, 0.05) is 36.9 Å². The van der Waals surface area contributed by atoms with Crippen molar-refractivity contribution < 1.29 is 9.53 Å². The van der Waals surface area contributed by atoms with Crippen LogP contribution in [0.15, 0.2) is 82.8 Å². The first-order valence-corrected chi connectivity index (χ1v) is 12.1. The third kappa shape index (κ3) is 5.99. The summed E-state index contributed by atoms with van der Waals surface area (Å²) < 4.78 is 6.63. The van der Waals surface area contributed by atoms with Gasteiger partial charge in [-0.15, -0.1) is 0 Å². The van der Waals surface area contributed by atoms with E-state index in [4.69, 9.17) is 16.3 Å². The van der Waals surface area contributed by atoms with E-state index in [1.807, 2.05) is 60.7 Å². The van der Waals surface area contributed by atoms with Gasteiger partial charge in [-0.05, 0) is 69.5 Å². The van der Waals surface area contributed by atoms with Gasteiger partial charge in [-0.3, -0.25) is 4.79 Å². The lowest BCUT2D eigenvalue weighted by atomic mass is 10.1. The number of nitrogens with zero attached hydrogens (tertiary/aromatic N) is 3. The normalized spacial score (nSPS) is 14.0. The van der Waals surface area contributed by atoms with Gasteiger partial charge in [0.25, 0.3) is 5.91 Å². The molecular formula is C27H23BrClN3O2. The molecule has 0 aliphatic carbocycles. The lowest BCUT2D eigenvalue weighted by Crippen LogP contribution is -2.49. The average Bonchev–Trinajstić information content (AvgIpc) is 2.88. The number of piperazine rings is 1. The van der Waals surface area contributed by atoms with Crippen LogP contribution in [0.5, 0.6) is 5.75 Å². The topological polar surface area (TPSA) is 56.6 Å². The summed E-state index contributed by atoms with van der Waals surface area (Å²) in [6.45, 7) is 3.03. The third-order valence-electron chi connectivity index (χ3n) is 5.61. The second-order valence-corrected chi connectivity index (χ2v) is 9.18. The first-order valence-electron chi connectivity index (χ1n) is 10.9. The van der Waals surface area contributed by atoms with E-state index in [9.17, 15) is 10.1 Å². The molecule has 172 valence electrons. The van der Waals surface area contributed by atoms with Gasteiger partial charge in [-0.25, -0.2) is 0 Å². The van der Waals surface area contributed by atoms with Gasteiger partial charge in [-0.2, -0.15) is 5.26 Å². The highest BCUT2D eigenvalue weighted by atomic mass is 79.9. The maximum atomic E-state index is 13.0. The van der Waals surface area contributed by atoms with Gasteiger partial charge in [0.2, 0.25) is 0 Å². The minimum absolute atomic E-state index is 0.120. The van der Waals surface area contributed by atoms with Crippen molar-refractivity contribution in [3.8, 4) is 11.8 Å². The Bertz CT molecular complexity index is 1210. The first-order chi connectivity index (χ1) is 16.5. The van der Waals surface area contributed by atoms with Crippen LogP contribution in [0.2, 0.25) is 5.02 Å². The van der Waals surface area contributed by atoms with Crippen molar-refractivity contribution in [1.82, 2.24) is 4.90 Å². The molecule has 0 N–H and O–H groups in total. The van der Waals surface area contributed by atoms with Crippen LogP contribution in [0, 0.1) is 11.3 Å². The Labute approximate surface area is 212 Å². The summed E-state index contributed by atoms with van der Waals surface area (Å²) in [5.74, 6) is 0.434. The number of ether oxygens (including phenoxy) is 1. The number of amides is 1. The summed E-state index contributed by atoms with van der Waals surface area (Å²) in [6, 6.07) is 25.2. The molecule has 5 nitrogen and oxygen atoms in total. The Morgan fingerprint density at radius 3 is 2.38 bits per heavy atom. The number of carbonyl (C=O) groups excluding carboxylic acids is 1. The van der Waals surface area contributed by atoms with Gasteiger partial charge in [0.05, 0.1) is 4.47 Å². The van der Waals surface area contributed by atoms with Gasteiger partial charge >= 0.3 is 0 Å². The van der Waals surface area contributed by atoms with Gasteiger partial charge in [-0.1, -0.05) is 48.0 Å². The molecule has 0 unspecified atom stereocenters. The predicted octanol–water partition coefficient (Wildman–Crippen LogP) is 5.94. The van der Waals surface area contributed by atoms with Gasteiger partial charge in [0.15, 0.2) is 0 Å². The Kier molecular flexibility index (Phi) is 7.89. The molecule has 1 amide bonds. The summed E-state index contributed by atoms with van der Waals surface area (Å²) in [7, 11) is 0. The summed E-state index contributed by atoms with van der Waals surface area (Å²) in [5, 5.41) is 10.3. The number of carbonyl (C=O) groups is 1. The summed E-state index contributed by atoms with van der Waals surface area (Å²) >= 11 is 9.45. The minimum atomic E-state index is -0.241. The van der Waals surface area contributed by atoms with Crippen molar-refractivity contribution in [2.75, 3.05) is 31.1 Å². The fraction of sp³-hybridized carbons (Fsp3) is 0.185. The van der Waals surface area contributed by atoms with Crippen molar-refractivity contribution in [1.29, 1.82) is 5.26 Å². The molecular weight excluding hydrogens is 514 g/mol. The third-order valence-corrected chi connectivity index (χ3v) is 6.49. The summed E-state index contributed by atoms with van der Waals surface area (Å²) in [4.78, 5) is 17.0. The zero-order chi connectivity index (χ0) is 23.9. The fourth-order valence-electron chi connectivity index (χ4n) is 3.75. The Morgan fingerprint density at radius 2 is 1.74 bits per heavy atom. The molecule has 1 fully saturated rings. The molecule has 1 aliphatic heterocycles. The summed E-state index contributed by atoms with van der Waals surface area (Å²) in [5.41, 5.74) is 3.02. The van der Waals surface area contributed by atoms with Crippen LogP contribution in [-0.2, 0) is 11.4 Å². The molecule has 1 aliphatic rings. The van der Waals surface area contributed by atoms with E-state index in [0.29, 0.717) is 30.5 Å². The van der Waals surface area contributed by atoms with Gasteiger partial charge in [0.1, 0.15) is 24.0 Å². The monoisotopic (exact) mass is 535 g/mol. The Morgan fingerprint density at radius 1 is 1.03 bits per heavy atom. The number of halogens is 2. The SMILES string of the molecule is N#C/C(=C/c1ccc(OCc2ccc(Cl)cc2)c(Br)c1)C(=O)N1CCN(c2ccccc2)CC1. The first kappa shape index (κ1) is 23.9.